The minimum absolute atomic E-state index is 0.822. The maximum atomic E-state index is 5.36. The third-order valence-electron chi connectivity index (χ3n) is 2.76. The first-order valence-corrected chi connectivity index (χ1v) is 7.11. The summed E-state index contributed by atoms with van der Waals surface area (Å²) in [4.78, 5) is 0. The van der Waals surface area contributed by atoms with Crippen LogP contribution >= 0.6 is 0 Å². The fourth-order valence-corrected chi connectivity index (χ4v) is 1.66. The van der Waals surface area contributed by atoms with Gasteiger partial charge < -0.3 is 5.73 Å². The molecule has 0 atom stereocenters. The van der Waals surface area contributed by atoms with Gasteiger partial charge in [-0.1, -0.05) is 83.4 Å². The average Bonchev–Trinajstić information content (AvgIpc) is 2.35. The van der Waals surface area contributed by atoms with E-state index in [1.54, 1.807) is 0 Å². The van der Waals surface area contributed by atoms with Crippen LogP contribution in [-0.2, 0) is 0 Å². The number of unbranched alkanes of at least 4 members (excludes halogenated alkanes) is 7. The molecule has 0 aromatic heterocycles. The van der Waals surface area contributed by atoms with Crippen LogP contribution in [0.25, 0.3) is 0 Å². The Morgan fingerprint density at radius 2 is 1.12 bits per heavy atom. The SMILES string of the molecule is CCCCCCCCCC.Nc1ccccc1. The van der Waals surface area contributed by atoms with Gasteiger partial charge >= 0.3 is 0 Å². The summed E-state index contributed by atoms with van der Waals surface area (Å²) in [5.74, 6) is 0. The maximum Gasteiger partial charge on any atom is 0.0313 e. The van der Waals surface area contributed by atoms with Crippen molar-refractivity contribution in [3.63, 3.8) is 0 Å². The lowest BCUT2D eigenvalue weighted by atomic mass is 10.1. The summed E-state index contributed by atoms with van der Waals surface area (Å²) in [6.07, 6.45) is 11.5. The highest BCUT2D eigenvalue weighted by Crippen LogP contribution is 2.07. The zero-order chi connectivity index (χ0) is 12.8. The normalized spacial score (nSPS) is 9.53. The van der Waals surface area contributed by atoms with E-state index in [0.29, 0.717) is 0 Å². The molecule has 0 radical (unpaired) electrons. The van der Waals surface area contributed by atoms with E-state index in [1.807, 2.05) is 30.3 Å². The lowest BCUT2D eigenvalue weighted by molar-refractivity contribution is 0.585. The predicted molar refractivity (Wildman–Crippen MR) is 79.1 cm³/mol. The zero-order valence-corrected chi connectivity index (χ0v) is 11.6. The molecule has 2 N–H and O–H groups in total. The molecule has 1 rings (SSSR count). The van der Waals surface area contributed by atoms with E-state index in [0.717, 1.165) is 5.69 Å². The molecule has 0 amide bonds. The van der Waals surface area contributed by atoms with E-state index in [9.17, 15) is 0 Å². The summed E-state index contributed by atoms with van der Waals surface area (Å²) in [5, 5.41) is 0. The molecule has 0 aliphatic carbocycles. The molecule has 1 heteroatoms. The molecule has 0 bridgehead atoms. The Morgan fingerprint density at radius 3 is 1.41 bits per heavy atom. The Balaban J connectivity index is 0.000000318. The molecule has 0 heterocycles. The molecule has 0 saturated heterocycles. The van der Waals surface area contributed by atoms with Crippen LogP contribution in [0.3, 0.4) is 0 Å². The van der Waals surface area contributed by atoms with Crippen molar-refractivity contribution in [1.29, 1.82) is 0 Å². The number of nitrogens with two attached hydrogens (primary N) is 1. The first kappa shape index (κ1) is 16.0. The van der Waals surface area contributed by atoms with Crippen molar-refractivity contribution in [3.05, 3.63) is 30.3 Å². The van der Waals surface area contributed by atoms with Gasteiger partial charge in [0.05, 0.1) is 0 Å². The van der Waals surface area contributed by atoms with Gasteiger partial charge in [-0.25, -0.2) is 0 Å². The fraction of sp³-hybridized carbons (Fsp3) is 0.625. The van der Waals surface area contributed by atoms with Gasteiger partial charge in [0.2, 0.25) is 0 Å². The van der Waals surface area contributed by atoms with Crippen molar-refractivity contribution in [2.45, 2.75) is 65.2 Å². The Hall–Kier alpha value is -0.980. The average molecular weight is 235 g/mol. The second-order valence-electron chi connectivity index (χ2n) is 4.53. The third-order valence-corrected chi connectivity index (χ3v) is 2.76. The molecular weight excluding hydrogens is 206 g/mol. The largest absolute Gasteiger partial charge is 0.399 e. The molecule has 0 spiro atoms. The Bertz CT molecular complexity index is 223. The number of para-hydroxylation sites is 1. The molecule has 1 aromatic rings. The van der Waals surface area contributed by atoms with Gasteiger partial charge in [-0.05, 0) is 12.1 Å². The Labute approximate surface area is 107 Å². The minimum Gasteiger partial charge on any atom is -0.399 e. The molecule has 0 unspecified atom stereocenters. The molecule has 98 valence electrons. The lowest BCUT2D eigenvalue weighted by Gasteiger charge is -1.97. The summed E-state index contributed by atoms with van der Waals surface area (Å²) in [6, 6.07) is 9.49. The third kappa shape index (κ3) is 13.0. The first-order valence-electron chi connectivity index (χ1n) is 7.11. The van der Waals surface area contributed by atoms with Gasteiger partial charge in [0.1, 0.15) is 0 Å². The van der Waals surface area contributed by atoms with Gasteiger partial charge in [-0.3, -0.25) is 0 Å². The molecule has 1 aromatic carbocycles. The van der Waals surface area contributed by atoms with Crippen LogP contribution in [-0.4, -0.2) is 0 Å². The van der Waals surface area contributed by atoms with Crippen LogP contribution in [0.1, 0.15) is 65.2 Å². The topological polar surface area (TPSA) is 26.0 Å². The first-order chi connectivity index (χ1) is 8.31. The summed E-state index contributed by atoms with van der Waals surface area (Å²) < 4.78 is 0. The summed E-state index contributed by atoms with van der Waals surface area (Å²) in [7, 11) is 0. The standard InChI is InChI=1S/C10H22.C6H7N/c1-3-5-7-9-10-8-6-4-2;7-6-4-2-1-3-5-6/h3-10H2,1-2H3;1-5H,7H2. The van der Waals surface area contributed by atoms with Gasteiger partial charge in [-0.15, -0.1) is 0 Å². The smallest absolute Gasteiger partial charge is 0.0313 e. The van der Waals surface area contributed by atoms with Crippen LogP contribution in [0, 0.1) is 0 Å². The highest BCUT2D eigenvalue weighted by atomic mass is 14.5. The quantitative estimate of drug-likeness (QED) is 0.496. The van der Waals surface area contributed by atoms with E-state index in [4.69, 9.17) is 5.73 Å². The van der Waals surface area contributed by atoms with Gasteiger partial charge in [-0.2, -0.15) is 0 Å². The molecule has 0 fully saturated rings. The minimum atomic E-state index is 0.822. The van der Waals surface area contributed by atoms with Crippen molar-refractivity contribution in [3.8, 4) is 0 Å². The molecule has 0 aliphatic rings. The number of hydrogen-bond acceptors (Lipinski definition) is 1. The molecule has 0 aliphatic heterocycles. The van der Waals surface area contributed by atoms with Gasteiger partial charge in [0.25, 0.3) is 0 Å². The predicted octanol–water partition coefficient (Wildman–Crippen LogP) is 5.42. The highest BCUT2D eigenvalue weighted by molar-refractivity contribution is 5.35. The number of benzene rings is 1. The fourth-order valence-electron chi connectivity index (χ4n) is 1.66. The van der Waals surface area contributed by atoms with Crippen LogP contribution < -0.4 is 5.73 Å². The van der Waals surface area contributed by atoms with Crippen molar-refractivity contribution in [2.24, 2.45) is 0 Å². The van der Waals surface area contributed by atoms with Crippen molar-refractivity contribution in [1.82, 2.24) is 0 Å². The van der Waals surface area contributed by atoms with E-state index < -0.39 is 0 Å². The van der Waals surface area contributed by atoms with Crippen molar-refractivity contribution < 1.29 is 0 Å². The van der Waals surface area contributed by atoms with Gasteiger partial charge in [0, 0.05) is 5.69 Å². The monoisotopic (exact) mass is 235 g/mol. The maximum absolute atomic E-state index is 5.36. The molecule has 0 saturated carbocycles. The van der Waals surface area contributed by atoms with Gasteiger partial charge in [0.15, 0.2) is 0 Å². The molecule has 1 nitrogen and oxygen atoms in total. The Morgan fingerprint density at radius 1 is 0.706 bits per heavy atom. The second kappa shape index (κ2) is 13.1. The van der Waals surface area contributed by atoms with Crippen LogP contribution in [0.5, 0.6) is 0 Å². The Kier molecular flexibility index (Phi) is 12.3. The van der Waals surface area contributed by atoms with Crippen molar-refractivity contribution >= 4 is 5.69 Å². The van der Waals surface area contributed by atoms with E-state index in [-0.39, 0.29) is 0 Å². The van der Waals surface area contributed by atoms with Crippen LogP contribution in [0.15, 0.2) is 30.3 Å². The summed E-state index contributed by atoms with van der Waals surface area (Å²) >= 11 is 0. The van der Waals surface area contributed by atoms with Crippen LogP contribution in [0.2, 0.25) is 0 Å². The van der Waals surface area contributed by atoms with E-state index in [1.165, 1.54) is 51.4 Å². The highest BCUT2D eigenvalue weighted by Gasteiger charge is 1.87. The summed E-state index contributed by atoms with van der Waals surface area (Å²) in [6.45, 7) is 4.54. The van der Waals surface area contributed by atoms with Crippen LogP contribution in [0.4, 0.5) is 5.69 Å². The van der Waals surface area contributed by atoms with E-state index >= 15 is 0 Å². The number of rotatable bonds is 7. The summed E-state index contributed by atoms with van der Waals surface area (Å²) in [5.41, 5.74) is 6.18. The number of nitrogen functional groups attached to an aromatic ring is 1. The number of anilines is 1. The molecular formula is C16H29N. The number of hydrogen-bond donors (Lipinski definition) is 1. The van der Waals surface area contributed by atoms with E-state index in [2.05, 4.69) is 13.8 Å². The second-order valence-corrected chi connectivity index (χ2v) is 4.53. The zero-order valence-electron chi connectivity index (χ0n) is 11.6. The molecule has 17 heavy (non-hydrogen) atoms. The lowest BCUT2D eigenvalue weighted by Crippen LogP contribution is -1.79. The van der Waals surface area contributed by atoms with Crippen molar-refractivity contribution in [2.75, 3.05) is 5.73 Å².